The Morgan fingerprint density at radius 2 is 1.81 bits per heavy atom. The molecule has 132 valence electrons. The van der Waals surface area contributed by atoms with E-state index in [1.807, 2.05) is 6.07 Å². The van der Waals surface area contributed by atoms with Gasteiger partial charge in [-0.1, -0.05) is 18.2 Å². The SMILES string of the molecule is NC(=O)CCNC(=O)c1ccccc1NC(=O)c1cnc2ccccn12. The minimum Gasteiger partial charge on any atom is -0.370 e. The van der Waals surface area contributed by atoms with E-state index in [1.165, 1.54) is 6.20 Å². The lowest BCUT2D eigenvalue weighted by molar-refractivity contribution is -0.117. The van der Waals surface area contributed by atoms with Crippen molar-refractivity contribution in [2.24, 2.45) is 5.73 Å². The third-order valence-corrected chi connectivity index (χ3v) is 3.73. The summed E-state index contributed by atoms with van der Waals surface area (Å²) in [5.41, 5.74) is 6.71. The lowest BCUT2D eigenvalue weighted by Gasteiger charge is -2.11. The molecule has 1 aromatic carbocycles. The van der Waals surface area contributed by atoms with E-state index in [0.717, 1.165) is 0 Å². The first-order chi connectivity index (χ1) is 12.6. The molecule has 0 spiro atoms. The Hall–Kier alpha value is -3.68. The minimum absolute atomic E-state index is 0.0437. The number of hydrogen-bond acceptors (Lipinski definition) is 4. The van der Waals surface area contributed by atoms with Gasteiger partial charge in [0.25, 0.3) is 11.8 Å². The van der Waals surface area contributed by atoms with Crippen LogP contribution in [0, 0.1) is 0 Å². The molecule has 0 bridgehead atoms. The van der Waals surface area contributed by atoms with Crippen LogP contribution in [0.1, 0.15) is 27.3 Å². The number of nitrogens with one attached hydrogen (secondary N) is 2. The molecule has 4 N–H and O–H groups in total. The molecule has 3 amide bonds. The molecule has 0 atom stereocenters. The Balaban J connectivity index is 1.78. The molecule has 0 unspecified atom stereocenters. The van der Waals surface area contributed by atoms with Crippen molar-refractivity contribution in [1.29, 1.82) is 0 Å². The summed E-state index contributed by atoms with van der Waals surface area (Å²) < 4.78 is 1.66. The molecular weight excluding hydrogens is 334 g/mol. The van der Waals surface area contributed by atoms with E-state index in [9.17, 15) is 14.4 Å². The number of carbonyl (C=O) groups is 3. The first-order valence-corrected chi connectivity index (χ1v) is 7.95. The second kappa shape index (κ2) is 7.47. The summed E-state index contributed by atoms with van der Waals surface area (Å²) in [6.45, 7) is 0.129. The molecule has 0 aliphatic rings. The molecule has 2 aromatic heterocycles. The van der Waals surface area contributed by atoms with Gasteiger partial charge in [0.2, 0.25) is 5.91 Å². The molecule has 0 radical (unpaired) electrons. The Labute approximate surface area is 149 Å². The molecule has 8 nitrogen and oxygen atoms in total. The van der Waals surface area contributed by atoms with Gasteiger partial charge in [-0.25, -0.2) is 4.98 Å². The van der Waals surface area contributed by atoms with Crippen molar-refractivity contribution in [2.45, 2.75) is 6.42 Å². The number of pyridine rings is 1. The Bertz CT molecular complexity index is 980. The quantitative estimate of drug-likeness (QED) is 0.618. The third kappa shape index (κ3) is 3.69. The van der Waals surface area contributed by atoms with Gasteiger partial charge in [-0.05, 0) is 24.3 Å². The predicted octanol–water partition coefficient (Wildman–Crippen LogP) is 1.19. The van der Waals surface area contributed by atoms with Gasteiger partial charge in [-0.2, -0.15) is 0 Å². The van der Waals surface area contributed by atoms with Crippen LogP contribution in [0.5, 0.6) is 0 Å². The number of primary amides is 1. The lowest BCUT2D eigenvalue weighted by Crippen LogP contribution is -2.29. The predicted molar refractivity (Wildman–Crippen MR) is 95.7 cm³/mol. The molecule has 0 saturated carbocycles. The van der Waals surface area contributed by atoms with E-state index in [0.29, 0.717) is 22.6 Å². The summed E-state index contributed by atoms with van der Waals surface area (Å²) in [4.78, 5) is 39.8. The van der Waals surface area contributed by atoms with Gasteiger partial charge in [-0.3, -0.25) is 18.8 Å². The van der Waals surface area contributed by atoms with Gasteiger partial charge in [0.15, 0.2) is 0 Å². The average Bonchev–Trinajstić information content (AvgIpc) is 3.06. The van der Waals surface area contributed by atoms with E-state index in [4.69, 9.17) is 5.73 Å². The van der Waals surface area contributed by atoms with Crippen molar-refractivity contribution >= 4 is 29.1 Å². The number of aromatic nitrogens is 2. The summed E-state index contributed by atoms with van der Waals surface area (Å²) >= 11 is 0. The second-order valence-corrected chi connectivity index (χ2v) is 5.54. The van der Waals surface area contributed by atoms with E-state index < -0.39 is 11.8 Å². The fourth-order valence-corrected chi connectivity index (χ4v) is 2.47. The maximum absolute atomic E-state index is 12.6. The van der Waals surface area contributed by atoms with Crippen LogP contribution in [-0.4, -0.2) is 33.7 Å². The van der Waals surface area contributed by atoms with Gasteiger partial charge in [0.05, 0.1) is 17.4 Å². The van der Waals surface area contributed by atoms with Gasteiger partial charge in [-0.15, -0.1) is 0 Å². The van der Waals surface area contributed by atoms with Crippen LogP contribution in [0.2, 0.25) is 0 Å². The Morgan fingerprint density at radius 3 is 2.62 bits per heavy atom. The number of benzene rings is 1. The molecular formula is C18H17N5O3. The van der Waals surface area contributed by atoms with Gasteiger partial charge >= 0.3 is 0 Å². The average molecular weight is 351 g/mol. The van der Waals surface area contributed by atoms with Crippen LogP contribution in [0.4, 0.5) is 5.69 Å². The normalized spacial score (nSPS) is 10.5. The number of fused-ring (bicyclic) bond motifs is 1. The summed E-state index contributed by atoms with van der Waals surface area (Å²) in [5, 5.41) is 5.33. The van der Waals surface area contributed by atoms with Gasteiger partial charge in [0, 0.05) is 19.2 Å². The molecule has 0 aliphatic carbocycles. The molecule has 2 heterocycles. The van der Waals surface area contributed by atoms with Crippen molar-refractivity contribution in [3.8, 4) is 0 Å². The molecule has 8 heteroatoms. The minimum atomic E-state index is -0.500. The molecule has 0 saturated heterocycles. The number of imidazole rings is 1. The van der Waals surface area contributed by atoms with E-state index in [2.05, 4.69) is 15.6 Å². The van der Waals surface area contributed by atoms with Crippen LogP contribution in [0.25, 0.3) is 5.65 Å². The highest BCUT2D eigenvalue weighted by atomic mass is 16.2. The number of hydrogen-bond donors (Lipinski definition) is 3. The van der Waals surface area contributed by atoms with E-state index in [-0.39, 0.29) is 18.9 Å². The summed E-state index contributed by atoms with van der Waals surface area (Å²) in [7, 11) is 0. The van der Waals surface area contributed by atoms with Crippen molar-refractivity contribution in [2.75, 3.05) is 11.9 Å². The number of nitrogens with two attached hydrogens (primary N) is 1. The number of para-hydroxylation sites is 1. The zero-order chi connectivity index (χ0) is 18.5. The highest BCUT2D eigenvalue weighted by Gasteiger charge is 2.16. The fraction of sp³-hybridized carbons (Fsp3) is 0.111. The smallest absolute Gasteiger partial charge is 0.274 e. The van der Waals surface area contributed by atoms with Crippen molar-refractivity contribution in [3.63, 3.8) is 0 Å². The molecule has 3 aromatic rings. The monoisotopic (exact) mass is 351 g/mol. The van der Waals surface area contributed by atoms with Crippen LogP contribution in [0.15, 0.2) is 54.9 Å². The number of amides is 3. The zero-order valence-electron chi connectivity index (χ0n) is 13.8. The summed E-state index contributed by atoms with van der Waals surface area (Å²) in [6, 6.07) is 12.0. The van der Waals surface area contributed by atoms with Crippen molar-refractivity contribution in [1.82, 2.24) is 14.7 Å². The first-order valence-electron chi connectivity index (χ1n) is 7.95. The number of carbonyl (C=O) groups excluding carboxylic acids is 3. The fourth-order valence-electron chi connectivity index (χ4n) is 2.47. The maximum Gasteiger partial charge on any atom is 0.274 e. The standard InChI is InChI=1S/C18H17N5O3/c19-15(24)8-9-20-17(25)12-5-1-2-6-13(12)22-18(26)14-11-21-16-7-3-4-10-23(14)16/h1-7,10-11H,8-9H2,(H2,19,24)(H,20,25)(H,22,26). The topological polar surface area (TPSA) is 119 Å². The van der Waals surface area contributed by atoms with Crippen molar-refractivity contribution in [3.05, 3.63) is 66.1 Å². The molecule has 0 fully saturated rings. The van der Waals surface area contributed by atoms with E-state index in [1.54, 1.807) is 47.0 Å². The number of nitrogens with zero attached hydrogens (tertiary/aromatic N) is 2. The maximum atomic E-state index is 12.6. The molecule has 0 aliphatic heterocycles. The Morgan fingerprint density at radius 1 is 1.04 bits per heavy atom. The summed E-state index contributed by atoms with van der Waals surface area (Å²) in [6.07, 6.45) is 3.25. The zero-order valence-corrected chi connectivity index (χ0v) is 13.8. The van der Waals surface area contributed by atoms with Crippen molar-refractivity contribution < 1.29 is 14.4 Å². The highest BCUT2D eigenvalue weighted by Crippen LogP contribution is 2.17. The second-order valence-electron chi connectivity index (χ2n) is 5.54. The van der Waals surface area contributed by atoms with Crippen LogP contribution >= 0.6 is 0 Å². The molecule has 26 heavy (non-hydrogen) atoms. The van der Waals surface area contributed by atoms with Crippen LogP contribution < -0.4 is 16.4 Å². The first kappa shape index (κ1) is 17.2. The largest absolute Gasteiger partial charge is 0.370 e. The summed E-state index contributed by atoms with van der Waals surface area (Å²) in [5.74, 6) is -1.29. The number of anilines is 1. The molecule has 3 rings (SSSR count). The van der Waals surface area contributed by atoms with E-state index >= 15 is 0 Å². The third-order valence-electron chi connectivity index (χ3n) is 3.73. The van der Waals surface area contributed by atoms with Crippen LogP contribution in [0.3, 0.4) is 0 Å². The highest BCUT2D eigenvalue weighted by molar-refractivity contribution is 6.08. The van der Waals surface area contributed by atoms with Gasteiger partial charge in [0.1, 0.15) is 11.3 Å². The van der Waals surface area contributed by atoms with Crippen LogP contribution in [-0.2, 0) is 4.79 Å². The number of rotatable bonds is 6. The van der Waals surface area contributed by atoms with Gasteiger partial charge < -0.3 is 16.4 Å². The lowest BCUT2D eigenvalue weighted by atomic mass is 10.1. The Kier molecular flexibility index (Phi) is 4.93.